The molecule has 2 aliphatic rings. The van der Waals surface area contributed by atoms with Crippen LogP contribution in [0.3, 0.4) is 0 Å². The number of hydrogen-bond donors (Lipinski definition) is 1. The Morgan fingerprint density at radius 2 is 1.03 bits per heavy atom. The first-order chi connectivity index (χ1) is 36.3. The standard InChI is InChI=1S/C31H36N4O2.C22H27N3O.C9H10ClNO/c1-5-37-29-15-9-22(10-16-29)17-27-18-25-19-28(20-32-30(25)35(27)21-23-7-6-8-23)34(4)31(36)24-11-13-26(14-12-24)33(2)3;1-3-26-21-9-7-16(8-10-21)11-20-13-18-12-19(23-2)14-24-22(18)25(20)15-17-5-4-6-17;1-11(2)8-5-3-7(4-6-8)9(10)12/h9-16,18-20,23H,5-8,17,21H2,1-4H3;7-10,12-14,17,23H,3-6,11,15H2,1-2H3;3-6H,1-2H3. The van der Waals surface area contributed by atoms with Crippen LogP contribution < -0.4 is 29.5 Å². The van der Waals surface area contributed by atoms with Gasteiger partial charge in [0.25, 0.3) is 11.1 Å². The maximum atomic E-state index is 13.2. The number of rotatable bonds is 18. The van der Waals surface area contributed by atoms with Gasteiger partial charge in [-0.05, 0) is 171 Å². The highest BCUT2D eigenvalue weighted by Gasteiger charge is 2.24. The molecule has 4 heterocycles. The minimum Gasteiger partial charge on any atom is -0.494 e. The van der Waals surface area contributed by atoms with E-state index < -0.39 is 5.24 Å². The van der Waals surface area contributed by atoms with E-state index in [1.54, 1.807) is 17.0 Å². The number of carbonyl (C=O) groups is 2. The van der Waals surface area contributed by atoms with Crippen molar-refractivity contribution in [1.29, 1.82) is 0 Å². The lowest BCUT2D eigenvalue weighted by molar-refractivity contribution is 0.0992. The lowest BCUT2D eigenvalue weighted by atomic mass is 9.85. The predicted molar refractivity (Wildman–Crippen MR) is 309 cm³/mol. The molecule has 0 aliphatic heterocycles. The number of nitrogens with zero attached hydrogens (tertiary/aromatic N) is 7. The average Bonchev–Trinajstić information content (AvgIpc) is 3.92. The van der Waals surface area contributed by atoms with Crippen LogP contribution in [-0.2, 0) is 25.9 Å². The van der Waals surface area contributed by atoms with Crippen molar-refractivity contribution >= 4 is 67.6 Å². The maximum absolute atomic E-state index is 13.2. The summed E-state index contributed by atoms with van der Waals surface area (Å²) in [6.45, 7) is 7.46. The highest BCUT2D eigenvalue weighted by molar-refractivity contribution is 6.67. The molecule has 0 spiro atoms. The Morgan fingerprint density at radius 1 is 0.587 bits per heavy atom. The Labute approximate surface area is 448 Å². The van der Waals surface area contributed by atoms with Crippen LogP contribution in [0.15, 0.2) is 134 Å². The fourth-order valence-corrected chi connectivity index (χ4v) is 9.66. The average molecular weight is 1030 g/mol. The van der Waals surface area contributed by atoms with Crippen LogP contribution in [0.1, 0.15) is 95.6 Å². The highest BCUT2D eigenvalue weighted by atomic mass is 35.5. The van der Waals surface area contributed by atoms with E-state index in [1.807, 2.05) is 127 Å². The first-order valence-electron chi connectivity index (χ1n) is 26.4. The maximum Gasteiger partial charge on any atom is 0.258 e. The minimum atomic E-state index is -0.416. The molecule has 392 valence electrons. The van der Waals surface area contributed by atoms with Gasteiger partial charge in [-0.15, -0.1) is 0 Å². The van der Waals surface area contributed by atoms with Gasteiger partial charge in [-0.3, -0.25) is 9.59 Å². The molecule has 0 saturated heterocycles. The molecule has 1 amide bonds. The molecule has 12 nitrogen and oxygen atoms in total. The molecule has 0 unspecified atom stereocenters. The Kier molecular flexibility index (Phi) is 18.2. The molecule has 10 rings (SSSR count). The van der Waals surface area contributed by atoms with Gasteiger partial charge in [0.15, 0.2) is 0 Å². The number of carbonyl (C=O) groups excluding carboxylic acids is 2. The van der Waals surface area contributed by atoms with E-state index in [1.165, 1.54) is 66.4 Å². The number of halogens is 1. The van der Waals surface area contributed by atoms with E-state index in [2.05, 4.69) is 75.1 Å². The van der Waals surface area contributed by atoms with Gasteiger partial charge in [0, 0.05) is 113 Å². The Morgan fingerprint density at radius 3 is 1.43 bits per heavy atom. The van der Waals surface area contributed by atoms with Gasteiger partial charge in [-0.25, -0.2) is 9.97 Å². The minimum absolute atomic E-state index is 0.0463. The number of hydrogen-bond acceptors (Lipinski definition) is 9. The van der Waals surface area contributed by atoms with E-state index in [9.17, 15) is 9.59 Å². The summed E-state index contributed by atoms with van der Waals surface area (Å²) in [6, 6.07) is 40.5. The van der Waals surface area contributed by atoms with Crippen molar-refractivity contribution in [3.63, 3.8) is 0 Å². The van der Waals surface area contributed by atoms with Crippen LogP contribution >= 0.6 is 11.6 Å². The van der Waals surface area contributed by atoms with Crippen LogP contribution in [0.25, 0.3) is 22.1 Å². The van der Waals surface area contributed by atoms with Crippen LogP contribution in [0.4, 0.5) is 22.7 Å². The summed E-state index contributed by atoms with van der Waals surface area (Å²) in [5.74, 6) is 3.30. The summed E-state index contributed by atoms with van der Waals surface area (Å²) in [7, 11) is 11.6. The van der Waals surface area contributed by atoms with E-state index in [4.69, 9.17) is 31.0 Å². The lowest BCUT2D eigenvalue weighted by Gasteiger charge is -2.27. The molecule has 8 aromatic rings. The Balaban J connectivity index is 0.000000170. The molecule has 4 aromatic carbocycles. The molecule has 0 radical (unpaired) electrons. The van der Waals surface area contributed by atoms with Crippen LogP contribution in [-0.4, -0.2) is 85.8 Å². The number of pyridine rings is 2. The number of benzene rings is 4. The van der Waals surface area contributed by atoms with Crippen molar-refractivity contribution in [1.82, 2.24) is 19.1 Å². The molecule has 1 N–H and O–H groups in total. The van der Waals surface area contributed by atoms with E-state index in [-0.39, 0.29) is 5.91 Å². The lowest BCUT2D eigenvalue weighted by Crippen LogP contribution is -2.26. The van der Waals surface area contributed by atoms with Crippen molar-refractivity contribution in [3.8, 4) is 11.5 Å². The van der Waals surface area contributed by atoms with Crippen molar-refractivity contribution in [3.05, 3.63) is 167 Å². The smallest absolute Gasteiger partial charge is 0.258 e. The van der Waals surface area contributed by atoms with Gasteiger partial charge in [0.1, 0.15) is 22.8 Å². The Bertz CT molecular complexity index is 3140. The van der Waals surface area contributed by atoms with Crippen LogP contribution in [0.5, 0.6) is 11.5 Å². The third-order valence-corrected chi connectivity index (χ3v) is 14.6. The van der Waals surface area contributed by atoms with Gasteiger partial charge in [-0.1, -0.05) is 37.1 Å². The first kappa shape index (κ1) is 54.0. The third-order valence-electron chi connectivity index (χ3n) is 14.4. The number of anilines is 4. The summed E-state index contributed by atoms with van der Waals surface area (Å²) in [4.78, 5) is 39.2. The van der Waals surface area contributed by atoms with Gasteiger partial charge < -0.3 is 38.6 Å². The molecule has 2 aliphatic carbocycles. The SMILES string of the molecule is CCOc1ccc(Cc2cc3cc(N(C)C(=O)c4ccc(N(C)C)cc4)cnc3n2CC2CCC2)cc1.CCOc1ccc(Cc2cc3cc(NC)cnc3n2CC2CCC2)cc1.CN(C)c1ccc(C(=O)Cl)cc1. The fourth-order valence-electron chi connectivity index (χ4n) is 9.54. The molecular weight excluding hydrogens is 956 g/mol. The van der Waals surface area contributed by atoms with Crippen molar-refractivity contribution < 1.29 is 19.1 Å². The predicted octanol–water partition coefficient (Wildman–Crippen LogP) is 13.2. The summed E-state index contributed by atoms with van der Waals surface area (Å²) < 4.78 is 16.0. The molecule has 13 heteroatoms. The molecular formula is C62H73ClN8O4. The van der Waals surface area contributed by atoms with E-state index in [0.29, 0.717) is 30.3 Å². The van der Waals surface area contributed by atoms with Gasteiger partial charge in [-0.2, -0.15) is 0 Å². The largest absolute Gasteiger partial charge is 0.494 e. The highest BCUT2D eigenvalue weighted by Crippen LogP contribution is 2.34. The molecule has 4 aromatic heterocycles. The summed E-state index contributed by atoms with van der Waals surface area (Å²) in [6.07, 6.45) is 13.4. The molecule has 0 atom stereocenters. The van der Waals surface area contributed by atoms with E-state index >= 15 is 0 Å². The topological polar surface area (TPSA) is 110 Å². The second kappa shape index (κ2) is 25.3. The van der Waals surface area contributed by atoms with Crippen LogP contribution in [0.2, 0.25) is 0 Å². The summed E-state index contributed by atoms with van der Waals surface area (Å²) in [5, 5.41) is 5.07. The monoisotopic (exact) mass is 1030 g/mol. The number of aromatic nitrogens is 4. The quantitative estimate of drug-likeness (QED) is 0.0840. The van der Waals surface area contributed by atoms with E-state index in [0.717, 1.165) is 82.8 Å². The van der Waals surface area contributed by atoms with Gasteiger partial charge in [0.2, 0.25) is 0 Å². The zero-order valence-corrected chi connectivity index (χ0v) is 45.7. The molecule has 75 heavy (non-hydrogen) atoms. The second-order valence-electron chi connectivity index (χ2n) is 20.1. The number of amides is 1. The Hall–Kier alpha value is -7.31. The second-order valence-corrected chi connectivity index (χ2v) is 20.5. The molecule has 2 saturated carbocycles. The van der Waals surface area contributed by atoms with Crippen LogP contribution in [0, 0.1) is 11.8 Å². The van der Waals surface area contributed by atoms with Gasteiger partial charge in [0.05, 0.1) is 37.0 Å². The number of fused-ring (bicyclic) bond motifs is 2. The normalized spacial score (nSPS) is 13.1. The summed E-state index contributed by atoms with van der Waals surface area (Å²) >= 11 is 5.28. The number of ether oxygens (including phenoxy) is 2. The number of nitrogens with one attached hydrogen (secondary N) is 1. The van der Waals surface area contributed by atoms with Crippen molar-refractivity contribution in [2.24, 2.45) is 11.8 Å². The molecule has 0 bridgehead atoms. The zero-order chi connectivity index (χ0) is 53.0. The zero-order valence-electron chi connectivity index (χ0n) is 45.0. The first-order valence-corrected chi connectivity index (χ1v) is 26.8. The van der Waals surface area contributed by atoms with Crippen molar-refractivity contribution in [2.45, 2.75) is 78.3 Å². The molecule has 2 fully saturated rings. The third kappa shape index (κ3) is 13.7. The fraction of sp³-hybridized carbons (Fsp3) is 0.355. The summed E-state index contributed by atoms with van der Waals surface area (Å²) in [5.41, 5.74) is 12.4. The van der Waals surface area contributed by atoms with Crippen molar-refractivity contribution in [2.75, 3.05) is 75.5 Å². The van der Waals surface area contributed by atoms with Gasteiger partial charge >= 0.3 is 0 Å².